The summed E-state index contributed by atoms with van der Waals surface area (Å²) in [7, 11) is 0. The number of rotatable bonds is 6. The third-order valence-corrected chi connectivity index (χ3v) is 2.81. The molecule has 0 aliphatic carbocycles. The summed E-state index contributed by atoms with van der Waals surface area (Å²) in [4.78, 5) is 23.0. The smallest absolute Gasteiger partial charge is 0.224 e. The maximum Gasteiger partial charge on any atom is 0.224 e. The molecule has 19 heavy (non-hydrogen) atoms. The van der Waals surface area contributed by atoms with Gasteiger partial charge in [0.25, 0.3) is 0 Å². The van der Waals surface area contributed by atoms with Crippen molar-refractivity contribution in [3.8, 4) is 0 Å². The molecule has 2 N–H and O–H groups in total. The van der Waals surface area contributed by atoms with Crippen LogP contribution in [0.4, 0.5) is 11.4 Å². The maximum atomic E-state index is 11.5. The van der Waals surface area contributed by atoms with E-state index in [1.165, 1.54) is 0 Å². The highest BCUT2D eigenvalue weighted by molar-refractivity contribution is 6.33. The van der Waals surface area contributed by atoms with Crippen LogP contribution >= 0.6 is 11.6 Å². The van der Waals surface area contributed by atoms with E-state index in [1.807, 2.05) is 13.8 Å². The second kappa shape index (κ2) is 7.79. The van der Waals surface area contributed by atoms with Crippen molar-refractivity contribution in [2.75, 3.05) is 10.6 Å². The second-order valence-corrected chi connectivity index (χ2v) is 4.70. The number of carbonyl (C=O) groups is 2. The van der Waals surface area contributed by atoms with Gasteiger partial charge in [0.15, 0.2) is 0 Å². The molecule has 104 valence electrons. The predicted molar refractivity (Wildman–Crippen MR) is 78.5 cm³/mol. The first kappa shape index (κ1) is 15.5. The summed E-state index contributed by atoms with van der Waals surface area (Å²) in [5, 5.41) is 5.96. The summed E-state index contributed by atoms with van der Waals surface area (Å²) in [6.45, 7) is 3.88. The number of amides is 2. The van der Waals surface area contributed by atoms with Gasteiger partial charge in [0, 0.05) is 18.5 Å². The van der Waals surface area contributed by atoms with Gasteiger partial charge < -0.3 is 10.6 Å². The van der Waals surface area contributed by atoms with Crippen LogP contribution in [-0.4, -0.2) is 11.8 Å². The quantitative estimate of drug-likeness (QED) is 0.833. The molecule has 0 radical (unpaired) electrons. The summed E-state index contributed by atoms with van der Waals surface area (Å²) >= 11 is 6.01. The van der Waals surface area contributed by atoms with Crippen LogP contribution in [0, 0.1) is 0 Å². The van der Waals surface area contributed by atoms with Crippen molar-refractivity contribution in [1.82, 2.24) is 0 Å². The molecule has 0 atom stereocenters. The summed E-state index contributed by atoms with van der Waals surface area (Å²) in [5.41, 5.74) is 1.16. The molecule has 0 bridgehead atoms. The monoisotopic (exact) mass is 282 g/mol. The first-order valence-corrected chi connectivity index (χ1v) is 6.83. The Kier molecular flexibility index (Phi) is 6.36. The van der Waals surface area contributed by atoms with E-state index in [0.717, 1.165) is 12.8 Å². The van der Waals surface area contributed by atoms with E-state index in [0.29, 0.717) is 29.2 Å². The predicted octanol–water partition coefficient (Wildman–Crippen LogP) is 3.82. The van der Waals surface area contributed by atoms with Crippen LogP contribution in [-0.2, 0) is 9.59 Å². The van der Waals surface area contributed by atoms with Crippen LogP contribution in [0.1, 0.15) is 39.5 Å². The molecule has 0 fully saturated rings. The Bertz CT molecular complexity index is 461. The molecule has 0 unspecified atom stereocenters. The number of hydrogen-bond acceptors (Lipinski definition) is 2. The van der Waals surface area contributed by atoms with Crippen molar-refractivity contribution in [1.29, 1.82) is 0 Å². The lowest BCUT2D eigenvalue weighted by Crippen LogP contribution is -2.13. The molecule has 5 heteroatoms. The highest BCUT2D eigenvalue weighted by Crippen LogP contribution is 2.25. The third kappa shape index (κ3) is 5.30. The second-order valence-electron chi connectivity index (χ2n) is 4.29. The molecule has 0 aliphatic rings. The average Bonchev–Trinajstić information content (AvgIpc) is 2.34. The number of hydrogen-bond donors (Lipinski definition) is 2. The minimum atomic E-state index is -0.0820. The fraction of sp³-hybridized carbons (Fsp3) is 0.429. The van der Waals surface area contributed by atoms with Gasteiger partial charge in [-0.2, -0.15) is 0 Å². The third-order valence-electron chi connectivity index (χ3n) is 2.48. The Balaban J connectivity index is 2.76. The van der Waals surface area contributed by atoms with E-state index in [1.54, 1.807) is 18.2 Å². The van der Waals surface area contributed by atoms with Gasteiger partial charge in [0.05, 0.1) is 10.7 Å². The number of benzene rings is 1. The molecule has 1 rings (SSSR count). The molecule has 1 aromatic rings. The van der Waals surface area contributed by atoms with Crippen molar-refractivity contribution in [3.05, 3.63) is 23.2 Å². The SMILES string of the molecule is CCCC(=O)Nc1ccc(Cl)c(NC(=O)CCC)c1. The molecule has 4 nitrogen and oxygen atoms in total. The van der Waals surface area contributed by atoms with Gasteiger partial charge in [-0.15, -0.1) is 0 Å². The first-order valence-electron chi connectivity index (χ1n) is 6.46. The molecule has 2 amide bonds. The van der Waals surface area contributed by atoms with Gasteiger partial charge in [0.2, 0.25) is 11.8 Å². The minimum Gasteiger partial charge on any atom is -0.326 e. The average molecular weight is 283 g/mol. The molecular formula is C14H19ClN2O2. The van der Waals surface area contributed by atoms with E-state index in [2.05, 4.69) is 10.6 Å². The molecule has 0 saturated carbocycles. The number of halogens is 1. The van der Waals surface area contributed by atoms with E-state index in [4.69, 9.17) is 11.6 Å². The van der Waals surface area contributed by atoms with E-state index < -0.39 is 0 Å². The minimum absolute atomic E-state index is 0.0457. The standard InChI is InChI=1S/C14H19ClN2O2/c1-3-5-13(18)16-10-7-8-11(15)12(9-10)17-14(19)6-4-2/h7-9H,3-6H2,1-2H3,(H,16,18)(H,17,19). The summed E-state index contributed by atoms with van der Waals surface area (Å²) in [6, 6.07) is 5.04. The van der Waals surface area contributed by atoms with Crippen molar-refractivity contribution in [2.24, 2.45) is 0 Å². The van der Waals surface area contributed by atoms with Crippen LogP contribution < -0.4 is 10.6 Å². The van der Waals surface area contributed by atoms with E-state index >= 15 is 0 Å². The largest absolute Gasteiger partial charge is 0.326 e. The van der Waals surface area contributed by atoms with Crippen molar-refractivity contribution >= 4 is 34.8 Å². The van der Waals surface area contributed by atoms with Gasteiger partial charge in [0.1, 0.15) is 0 Å². The molecule has 0 aliphatic heterocycles. The van der Waals surface area contributed by atoms with Crippen molar-refractivity contribution in [2.45, 2.75) is 39.5 Å². The lowest BCUT2D eigenvalue weighted by atomic mass is 10.2. The van der Waals surface area contributed by atoms with Crippen LogP contribution in [0.2, 0.25) is 5.02 Å². The van der Waals surface area contributed by atoms with Crippen LogP contribution in [0.25, 0.3) is 0 Å². The summed E-state index contributed by atoms with van der Waals surface area (Å²) in [6.07, 6.45) is 2.48. The van der Waals surface area contributed by atoms with Gasteiger partial charge in [-0.25, -0.2) is 0 Å². The van der Waals surface area contributed by atoms with Crippen molar-refractivity contribution < 1.29 is 9.59 Å². The van der Waals surface area contributed by atoms with Crippen LogP contribution in [0.15, 0.2) is 18.2 Å². The fourth-order valence-corrected chi connectivity index (χ4v) is 1.75. The molecular weight excluding hydrogens is 264 g/mol. The summed E-state index contributed by atoms with van der Waals surface area (Å²) in [5.74, 6) is -0.128. The zero-order chi connectivity index (χ0) is 14.3. The Hall–Kier alpha value is -1.55. The lowest BCUT2D eigenvalue weighted by molar-refractivity contribution is -0.117. The summed E-state index contributed by atoms with van der Waals surface area (Å²) < 4.78 is 0. The lowest BCUT2D eigenvalue weighted by Gasteiger charge is -2.10. The molecule has 0 heterocycles. The fourth-order valence-electron chi connectivity index (χ4n) is 1.59. The Morgan fingerprint density at radius 2 is 1.63 bits per heavy atom. The Morgan fingerprint density at radius 3 is 2.21 bits per heavy atom. The van der Waals surface area contributed by atoms with Crippen LogP contribution in [0.3, 0.4) is 0 Å². The van der Waals surface area contributed by atoms with Gasteiger partial charge in [-0.05, 0) is 31.0 Å². The first-order chi connectivity index (χ1) is 9.06. The number of anilines is 2. The van der Waals surface area contributed by atoms with Gasteiger partial charge >= 0.3 is 0 Å². The van der Waals surface area contributed by atoms with Gasteiger partial charge in [-0.1, -0.05) is 25.4 Å². The highest BCUT2D eigenvalue weighted by Gasteiger charge is 2.07. The zero-order valence-corrected chi connectivity index (χ0v) is 12.0. The molecule has 0 saturated heterocycles. The normalized spacial score (nSPS) is 10.1. The molecule has 1 aromatic carbocycles. The topological polar surface area (TPSA) is 58.2 Å². The number of carbonyl (C=O) groups excluding carboxylic acids is 2. The van der Waals surface area contributed by atoms with Crippen molar-refractivity contribution in [3.63, 3.8) is 0 Å². The number of nitrogens with one attached hydrogen (secondary N) is 2. The molecule has 0 aromatic heterocycles. The Labute approximate surface area is 118 Å². The van der Waals surface area contributed by atoms with E-state index in [-0.39, 0.29) is 11.8 Å². The Morgan fingerprint density at radius 1 is 1.05 bits per heavy atom. The molecule has 0 spiro atoms. The zero-order valence-electron chi connectivity index (χ0n) is 11.3. The maximum absolute atomic E-state index is 11.5. The van der Waals surface area contributed by atoms with Crippen LogP contribution in [0.5, 0.6) is 0 Å². The highest BCUT2D eigenvalue weighted by atomic mass is 35.5. The van der Waals surface area contributed by atoms with Gasteiger partial charge in [-0.3, -0.25) is 9.59 Å². The van der Waals surface area contributed by atoms with E-state index in [9.17, 15) is 9.59 Å².